The molecular weight excluding hydrogens is 1840 g/mol. The quantitative estimate of drug-likeness (QED) is 0.0148. The van der Waals surface area contributed by atoms with Crippen LogP contribution >= 0.6 is 0 Å². The summed E-state index contributed by atoms with van der Waals surface area (Å²) in [6.45, 7) is 25.3. The second kappa shape index (κ2) is 51.2. The largest absolute Gasteiger partial charge is 0.494 e. The van der Waals surface area contributed by atoms with Gasteiger partial charge in [0.2, 0.25) is 0 Å². The predicted molar refractivity (Wildman–Crippen MR) is 558 cm³/mol. The molecule has 19 rings (SSSR count). The lowest BCUT2D eigenvalue weighted by Crippen LogP contribution is -2.46. The van der Waals surface area contributed by atoms with E-state index in [-0.39, 0.29) is 42.4 Å². The normalized spacial score (nSPS) is 16.3. The van der Waals surface area contributed by atoms with Gasteiger partial charge >= 0.3 is 29.8 Å². The molecule has 2 unspecified atom stereocenters. The topological polar surface area (TPSA) is 267 Å². The van der Waals surface area contributed by atoms with Gasteiger partial charge in [0.05, 0.1) is 170 Å². The van der Waals surface area contributed by atoms with E-state index in [4.69, 9.17) is 90.0 Å². The maximum Gasteiger partial charge on any atom is 0.343 e. The van der Waals surface area contributed by atoms with E-state index in [1.54, 1.807) is 133 Å². The lowest BCUT2D eigenvalue weighted by atomic mass is 9.84. The van der Waals surface area contributed by atoms with Gasteiger partial charge in [-0.2, -0.15) is 0 Å². The zero-order chi connectivity index (χ0) is 98.8. The van der Waals surface area contributed by atoms with Crippen LogP contribution in [0, 0.1) is 21.7 Å². The number of benzene rings is 12. The summed E-state index contributed by atoms with van der Waals surface area (Å²) in [5, 5.41) is 3.56. The van der Waals surface area contributed by atoms with Crippen molar-refractivity contribution in [2.75, 3.05) is 132 Å². The lowest BCUT2D eigenvalue weighted by Gasteiger charge is -2.40. The molecule has 6 saturated heterocycles. The Bertz CT molecular complexity index is 5900. The number of carbonyl (C=O) groups is 5. The van der Waals surface area contributed by atoms with Gasteiger partial charge in [0.25, 0.3) is 0 Å². The highest BCUT2D eigenvalue weighted by Gasteiger charge is 2.41. The molecule has 6 fully saturated rings. The summed E-state index contributed by atoms with van der Waals surface area (Å²) in [7, 11) is 0. The fourth-order valence-corrected chi connectivity index (χ4v) is 17.6. The predicted octanol–water partition coefficient (Wildman–Crippen LogP) is 25.2. The Labute approximate surface area is 851 Å². The van der Waals surface area contributed by atoms with Gasteiger partial charge in [0.1, 0.15) is 63.2 Å². The number of epoxide rings is 2. The van der Waals surface area contributed by atoms with Crippen molar-refractivity contribution < 1.29 is 114 Å². The number of esters is 5. The molecule has 0 radical (unpaired) electrons. The number of hydrogen-bond donors (Lipinski definition) is 0. The van der Waals surface area contributed by atoms with Crippen molar-refractivity contribution >= 4 is 51.4 Å². The molecule has 764 valence electrons. The lowest BCUT2D eigenvalue weighted by molar-refractivity contribution is -0.150. The molecule has 7 aliphatic rings. The second-order valence-corrected chi connectivity index (χ2v) is 38.4. The zero-order valence-electron chi connectivity index (χ0n) is 82.3. The molecule has 12 aromatic carbocycles. The first-order valence-corrected chi connectivity index (χ1v) is 50.4. The second-order valence-electron chi connectivity index (χ2n) is 38.4. The van der Waals surface area contributed by atoms with Gasteiger partial charge in [0, 0.05) is 53.9 Å². The Kier molecular flexibility index (Phi) is 37.5. The summed E-state index contributed by atoms with van der Waals surface area (Å²) in [5.74, 6) is 4.07. The third-order valence-corrected chi connectivity index (χ3v) is 27.9. The van der Waals surface area contributed by atoms with Crippen LogP contribution in [0.4, 0.5) is 0 Å². The van der Waals surface area contributed by atoms with Gasteiger partial charge < -0.3 is 90.0 Å². The zero-order valence-corrected chi connectivity index (χ0v) is 82.3. The fraction of sp³-hybridized carbons (Fsp3) is 0.397. The molecule has 0 aromatic heterocycles. The standard InChI is InChI=1S/C52H64O10.C46H42O8.C21H22O6.2CH4/c1-4-51(34-57-35-51)32-55-26-10-6-8-12-28-59-41-18-14-39(15-19-41)49(53)61-43-22-24-45-46-25-23-44(31-48(46)38(3)47(45)30-43)62-50(54)40-16-20-42(21-17-40)60-29-13-9-7-11-27-56-33-52(5-2)36-58-37-52;1-3-45(25-49-26-45)29-51-35-19-13-33(14-20-35)43(47)53-39-23-17-31-9-5-7-11-37(31)41(39)42-38-12-8-6-10-32(38)18-24-40(42)54-44(48)34-15-21-36(22-16-34)52-30-46(4-2)27-50-28-46;22-21(15-1-3-16(4-2-15)23-11-9-19-13-25-19)27-18-7-5-17(6-8-18)24-12-10-20-14-26-20;;/h14-25,30-31,38H,4-13,26-29,32-37H2,1-3H3;5-24H,3-4,25-30H2,1-2H3;1-8,19-20H,9-14H2;2*1H4. The minimum atomic E-state index is -0.522. The molecule has 1 aliphatic carbocycles. The first-order chi connectivity index (χ1) is 69.9. The summed E-state index contributed by atoms with van der Waals surface area (Å²) in [6.07, 6.45) is 15.0. The van der Waals surface area contributed by atoms with Crippen LogP contribution in [0.5, 0.6) is 63.2 Å². The van der Waals surface area contributed by atoms with Gasteiger partial charge in [-0.1, -0.05) is 135 Å². The highest BCUT2D eigenvalue weighted by atomic mass is 16.6. The Balaban J connectivity index is 0.000000173. The molecule has 0 spiro atoms. The van der Waals surface area contributed by atoms with E-state index in [0.717, 1.165) is 223 Å². The average molecular weight is 1970 g/mol. The van der Waals surface area contributed by atoms with Crippen molar-refractivity contribution in [3.05, 3.63) is 294 Å². The van der Waals surface area contributed by atoms with E-state index < -0.39 is 29.8 Å². The van der Waals surface area contributed by atoms with Crippen LogP contribution in [0.2, 0.25) is 0 Å². The van der Waals surface area contributed by atoms with E-state index >= 15 is 0 Å². The van der Waals surface area contributed by atoms with Gasteiger partial charge in [0.15, 0.2) is 0 Å². The smallest absolute Gasteiger partial charge is 0.343 e. The number of rotatable bonds is 49. The van der Waals surface area contributed by atoms with E-state index in [1.807, 2.05) is 121 Å². The highest BCUT2D eigenvalue weighted by molar-refractivity contribution is 6.11. The molecule has 12 aromatic rings. The molecular formula is C121H136O24. The molecule has 24 nitrogen and oxygen atoms in total. The van der Waals surface area contributed by atoms with Crippen molar-refractivity contribution in [2.24, 2.45) is 21.7 Å². The summed E-state index contributed by atoms with van der Waals surface area (Å²) in [5.41, 5.74) is 8.20. The first kappa shape index (κ1) is 106. The monoisotopic (exact) mass is 1970 g/mol. The number of unbranched alkanes of at least 4 members (excludes halogenated alkanes) is 6. The van der Waals surface area contributed by atoms with Crippen LogP contribution < -0.4 is 52.1 Å². The SMILES string of the molecule is C.C.CCC1(COCCCCCCOc2ccc(C(=O)Oc3ccc4c(c3)C(C)c3cc(OC(=O)c5ccc(OCCCCCCOCC6(CC)COC6)cc5)ccc3-4)cc2)COC1.CCC1(COc2ccc(C(=O)Oc3ccc4ccccc4c3-c3c(OC(=O)c4ccc(OCC5(CC)COC5)cc4)ccc4ccccc34)cc2)COC1.O=C(Oc1ccc(OCCC2CO2)cc1)c1ccc(OCCC2CO2)cc1. The molecule has 0 N–H and O–H groups in total. The molecule has 6 aliphatic heterocycles. The fourth-order valence-electron chi connectivity index (χ4n) is 17.6. The van der Waals surface area contributed by atoms with Crippen molar-refractivity contribution in [1.82, 2.24) is 0 Å². The first-order valence-electron chi connectivity index (χ1n) is 50.4. The summed E-state index contributed by atoms with van der Waals surface area (Å²) in [6, 6.07) is 76.7. The summed E-state index contributed by atoms with van der Waals surface area (Å²) < 4.78 is 108. The van der Waals surface area contributed by atoms with E-state index in [0.29, 0.717) is 157 Å². The van der Waals surface area contributed by atoms with Crippen molar-refractivity contribution in [3.8, 4) is 85.5 Å². The van der Waals surface area contributed by atoms with Crippen molar-refractivity contribution in [1.29, 1.82) is 0 Å². The van der Waals surface area contributed by atoms with Gasteiger partial charge in [-0.05, 0) is 290 Å². The van der Waals surface area contributed by atoms with Crippen LogP contribution in [0.1, 0.15) is 208 Å². The van der Waals surface area contributed by atoms with Gasteiger partial charge in [-0.15, -0.1) is 0 Å². The molecule has 6 heterocycles. The summed E-state index contributed by atoms with van der Waals surface area (Å²) in [4.78, 5) is 66.0. The van der Waals surface area contributed by atoms with E-state index in [1.165, 1.54) is 0 Å². The minimum Gasteiger partial charge on any atom is -0.494 e. The van der Waals surface area contributed by atoms with Gasteiger partial charge in [-0.3, -0.25) is 0 Å². The van der Waals surface area contributed by atoms with E-state index in [2.05, 4.69) is 34.6 Å². The third kappa shape index (κ3) is 28.4. The van der Waals surface area contributed by atoms with Crippen LogP contribution in [-0.2, 0) is 37.9 Å². The Morgan fingerprint density at radius 1 is 0.290 bits per heavy atom. The Morgan fingerprint density at radius 2 is 0.566 bits per heavy atom. The third-order valence-electron chi connectivity index (χ3n) is 27.9. The molecule has 0 saturated carbocycles. The van der Waals surface area contributed by atoms with Gasteiger partial charge in [-0.25, -0.2) is 24.0 Å². The number of carbonyl (C=O) groups excluding carboxylic acids is 5. The summed E-state index contributed by atoms with van der Waals surface area (Å²) >= 11 is 0. The maximum atomic E-state index is 13.8. The van der Waals surface area contributed by atoms with E-state index in [9.17, 15) is 24.0 Å². The van der Waals surface area contributed by atoms with Crippen molar-refractivity contribution in [2.45, 2.75) is 157 Å². The molecule has 0 amide bonds. The average Bonchev–Trinajstić information content (AvgIpc) is 1.71. The Hall–Kier alpha value is -13.0. The molecule has 145 heavy (non-hydrogen) atoms. The highest BCUT2D eigenvalue weighted by Crippen LogP contribution is 2.50. The molecule has 0 bridgehead atoms. The number of ether oxygens (including phenoxy) is 19. The van der Waals surface area contributed by atoms with Crippen LogP contribution in [0.15, 0.2) is 255 Å². The van der Waals surface area contributed by atoms with Crippen LogP contribution in [0.25, 0.3) is 43.8 Å². The van der Waals surface area contributed by atoms with Crippen molar-refractivity contribution in [3.63, 3.8) is 0 Å². The molecule has 2 atom stereocenters. The molecule has 24 heteroatoms. The van der Waals surface area contributed by atoms with Crippen LogP contribution in [0.3, 0.4) is 0 Å². The number of fused-ring (bicyclic) bond motifs is 5. The number of hydrogen-bond acceptors (Lipinski definition) is 24. The van der Waals surface area contributed by atoms with Crippen LogP contribution in [-0.4, -0.2) is 174 Å². The minimum absolute atomic E-state index is 0. The maximum absolute atomic E-state index is 13.8. The Morgan fingerprint density at radius 3 is 0.883 bits per heavy atom.